The molecule has 188 valence electrons. The molecule has 0 aromatic heterocycles. The van der Waals surface area contributed by atoms with Gasteiger partial charge in [0.1, 0.15) is 18.9 Å². The lowest BCUT2D eigenvalue weighted by atomic mass is 10.2. The Bertz CT molecular complexity index is 1330. The predicted molar refractivity (Wildman–Crippen MR) is 138 cm³/mol. The number of methoxy groups -OCH3 is 2. The van der Waals surface area contributed by atoms with Crippen molar-refractivity contribution in [1.29, 1.82) is 0 Å². The summed E-state index contributed by atoms with van der Waals surface area (Å²) in [6.45, 7) is 3.42. The van der Waals surface area contributed by atoms with Crippen molar-refractivity contribution in [3.63, 3.8) is 0 Å². The van der Waals surface area contributed by atoms with Crippen LogP contribution in [0.2, 0.25) is 0 Å². The summed E-state index contributed by atoms with van der Waals surface area (Å²) < 4.78 is 44.0. The zero-order valence-corrected chi connectivity index (χ0v) is 20.8. The molecule has 1 amide bonds. The fraction of sp³-hybridized carbons (Fsp3) is 0.154. The third-order valence-electron chi connectivity index (χ3n) is 4.92. The van der Waals surface area contributed by atoms with E-state index in [4.69, 9.17) is 14.2 Å². The molecule has 3 rings (SSSR count). The molecule has 36 heavy (non-hydrogen) atoms. The van der Waals surface area contributed by atoms with Crippen LogP contribution < -0.4 is 23.9 Å². The third kappa shape index (κ3) is 6.42. The van der Waals surface area contributed by atoms with Crippen LogP contribution in [0.3, 0.4) is 0 Å². The first-order chi connectivity index (χ1) is 17.4. The van der Waals surface area contributed by atoms with Crippen molar-refractivity contribution < 1.29 is 27.4 Å². The zero-order valence-electron chi connectivity index (χ0n) is 20.0. The molecule has 0 aliphatic carbocycles. The van der Waals surface area contributed by atoms with E-state index in [0.717, 1.165) is 4.31 Å². The Kier molecular flexibility index (Phi) is 9.07. The molecule has 3 aromatic carbocycles. The monoisotopic (exact) mass is 509 g/mol. The Morgan fingerprint density at radius 1 is 0.972 bits per heavy atom. The highest BCUT2D eigenvalue weighted by molar-refractivity contribution is 7.92. The van der Waals surface area contributed by atoms with Crippen LogP contribution >= 0.6 is 0 Å². The Morgan fingerprint density at radius 2 is 1.67 bits per heavy atom. The van der Waals surface area contributed by atoms with Crippen molar-refractivity contribution in [2.75, 3.05) is 31.7 Å². The number of rotatable bonds is 12. The van der Waals surface area contributed by atoms with E-state index in [1.807, 2.05) is 0 Å². The van der Waals surface area contributed by atoms with Crippen LogP contribution in [0.1, 0.15) is 5.56 Å². The number of anilines is 1. The first-order valence-electron chi connectivity index (χ1n) is 10.8. The van der Waals surface area contributed by atoms with Gasteiger partial charge in [-0.15, -0.1) is 0 Å². The minimum Gasteiger partial charge on any atom is -0.495 e. The van der Waals surface area contributed by atoms with Crippen LogP contribution in [0.15, 0.2) is 95.4 Å². The van der Waals surface area contributed by atoms with Gasteiger partial charge in [-0.3, -0.25) is 9.10 Å². The summed E-state index contributed by atoms with van der Waals surface area (Å²) in [5.41, 5.74) is 3.24. The Morgan fingerprint density at radius 3 is 2.36 bits per heavy atom. The van der Waals surface area contributed by atoms with Crippen LogP contribution in [-0.4, -0.2) is 47.9 Å². The number of amides is 1. The van der Waals surface area contributed by atoms with E-state index in [1.54, 1.807) is 66.7 Å². The fourth-order valence-corrected chi connectivity index (χ4v) is 4.68. The van der Waals surface area contributed by atoms with Crippen LogP contribution in [0.5, 0.6) is 17.2 Å². The molecule has 9 nitrogen and oxygen atoms in total. The van der Waals surface area contributed by atoms with Crippen LogP contribution in [0.25, 0.3) is 0 Å². The number of hydrogen-bond donors (Lipinski definition) is 1. The zero-order chi connectivity index (χ0) is 26.0. The SMILES string of the molecule is C=CCOc1ccc(/C=N/NC(=O)CN(c2ccccc2OC)S(=O)(=O)c2ccccc2)cc1OC. The average Bonchev–Trinajstić information content (AvgIpc) is 2.91. The summed E-state index contributed by atoms with van der Waals surface area (Å²) in [4.78, 5) is 12.8. The van der Waals surface area contributed by atoms with E-state index in [-0.39, 0.29) is 10.6 Å². The minimum absolute atomic E-state index is 0.0399. The number of hydrogen-bond acceptors (Lipinski definition) is 7. The molecule has 0 bridgehead atoms. The number of sulfonamides is 1. The molecule has 0 unspecified atom stereocenters. The molecule has 0 aliphatic rings. The number of para-hydroxylation sites is 2. The van der Waals surface area contributed by atoms with E-state index in [9.17, 15) is 13.2 Å². The number of nitrogens with zero attached hydrogens (tertiary/aromatic N) is 2. The lowest BCUT2D eigenvalue weighted by molar-refractivity contribution is -0.119. The van der Waals surface area contributed by atoms with E-state index in [1.165, 1.54) is 32.6 Å². The molecule has 0 atom stereocenters. The van der Waals surface area contributed by atoms with Crippen molar-refractivity contribution in [3.05, 3.63) is 91.0 Å². The highest BCUT2D eigenvalue weighted by Crippen LogP contribution is 2.32. The van der Waals surface area contributed by atoms with Crippen molar-refractivity contribution in [2.24, 2.45) is 5.10 Å². The minimum atomic E-state index is -4.08. The molecule has 0 heterocycles. The summed E-state index contributed by atoms with van der Waals surface area (Å²) in [6, 6.07) is 19.5. The van der Waals surface area contributed by atoms with Gasteiger partial charge < -0.3 is 14.2 Å². The third-order valence-corrected chi connectivity index (χ3v) is 6.69. The highest BCUT2D eigenvalue weighted by Gasteiger charge is 2.29. The second-order valence-electron chi connectivity index (χ2n) is 7.30. The second-order valence-corrected chi connectivity index (χ2v) is 9.16. The second kappa shape index (κ2) is 12.4. The highest BCUT2D eigenvalue weighted by atomic mass is 32.2. The van der Waals surface area contributed by atoms with Crippen molar-refractivity contribution in [1.82, 2.24) is 5.43 Å². The van der Waals surface area contributed by atoms with Crippen LogP contribution in [0.4, 0.5) is 5.69 Å². The maximum absolute atomic E-state index is 13.4. The van der Waals surface area contributed by atoms with Gasteiger partial charge in [0.25, 0.3) is 15.9 Å². The van der Waals surface area contributed by atoms with Gasteiger partial charge in [0.15, 0.2) is 11.5 Å². The van der Waals surface area contributed by atoms with Gasteiger partial charge in [-0.1, -0.05) is 43.0 Å². The molecular formula is C26H27N3O6S. The molecule has 0 saturated heterocycles. The van der Waals surface area contributed by atoms with Crippen LogP contribution in [-0.2, 0) is 14.8 Å². The first kappa shape index (κ1) is 26.3. The molecule has 3 aromatic rings. The molecule has 0 fully saturated rings. The fourth-order valence-electron chi connectivity index (χ4n) is 3.23. The van der Waals surface area contributed by atoms with Gasteiger partial charge in [0.05, 0.1) is 31.0 Å². The Balaban J connectivity index is 1.81. The summed E-state index contributed by atoms with van der Waals surface area (Å²) in [5.74, 6) is 0.689. The summed E-state index contributed by atoms with van der Waals surface area (Å²) in [7, 11) is -1.14. The number of ether oxygens (including phenoxy) is 3. The van der Waals surface area contributed by atoms with Gasteiger partial charge in [-0.25, -0.2) is 13.8 Å². The Hall–Kier alpha value is -4.31. The molecule has 10 heteroatoms. The predicted octanol–water partition coefficient (Wildman–Crippen LogP) is 3.61. The van der Waals surface area contributed by atoms with Crippen molar-refractivity contribution in [2.45, 2.75) is 4.90 Å². The smallest absolute Gasteiger partial charge is 0.264 e. The normalized spacial score (nSPS) is 11.1. The van der Waals surface area contributed by atoms with E-state index >= 15 is 0 Å². The molecule has 0 radical (unpaired) electrons. The van der Waals surface area contributed by atoms with E-state index in [0.29, 0.717) is 29.4 Å². The molecule has 0 saturated carbocycles. The maximum atomic E-state index is 13.4. The number of benzene rings is 3. The van der Waals surface area contributed by atoms with Gasteiger partial charge in [0.2, 0.25) is 0 Å². The Labute approximate surface area is 210 Å². The first-order valence-corrected chi connectivity index (χ1v) is 12.3. The molecule has 0 spiro atoms. The summed E-state index contributed by atoms with van der Waals surface area (Å²) in [5, 5.41) is 3.96. The van der Waals surface area contributed by atoms with Crippen LogP contribution in [0, 0.1) is 0 Å². The number of carbonyl (C=O) groups excluding carboxylic acids is 1. The number of carbonyl (C=O) groups is 1. The van der Waals surface area contributed by atoms with E-state index < -0.39 is 22.5 Å². The molecule has 1 N–H and O–H groups in total. The van der Waals surface area contributed by atoms with Gasteiger partial charge in [-0.2, -0.15) is 5.10 Å². The molecule has 0 aliphatic heterocycles. The maximum Gasteiger partial charge on any atom is 0.264 e. The quantitative estimate of drug-likeness (QED) is 0.227. The lowest BCUT2D eigenvalue weighted by Gasteiger charge is -2.25. The van der Waals surface area contributed by atoms with Gasteiger partial charge in [0, 0.05) is 0 Å². The van der Waals surface area contributed by atoms with Crippen molar-refractivity contribution >= 4 is 27.8 Å². The molecular weight excluding hydrogens is 482 g/mol. The van der Waals surface area contributed by atoms with E-state index in [2.05, 4.69) is 17.1 Å². The van der Waals surface area contributed by atoms with Gasteiger partial charge in [-0.05, 0) is 48.0 Å². The average molecular weight is 510 g/mol. The number of hydrazone groups is 1. The van der Waals surface area contributed by atoms with Crippen molar-refractivity contribution in [3.8, 4) is 17.2 Å². The topological polar surface area (TPSA) is 107 Å². The standard InChI is InChI=1S/C26H27N3O6S/c1-4-16-35-24-15-14-20(17-25(24)34-3)18-27-28-26(30)19-29(22-12-8-9-13-23(22)33-2)36(31,32)21-10-6-5-7-11-21/h4-15,17-18H,1,16,19H2,2-3H3,(H,28,30)/b27-18+. The summed E-state index contributed by atoms with van der Waals surface area (Å²) in [6.07, 6.45) is 3.04. The lowest BCUT2D eigenvalue weighted by Crippen LogP contribution is -2.39. The van der Waals surface area contributed by atoms with Gasteiger partial charge >= 0.3 is 0 Å². The summed E-state index contributed by atoms with van der Waals surface area (Å²) >= 11 is 0. The largest absolute Gasteiger partial charge is 0.495 e. The number of nitrogens with one attached hydrogen (secondary N) is 1.